The minimum Gasteiger partial charge on any atom is -0.497 e. The number of hydrogen-bond donors (Lipinski definition) is 1. The first-order valence-electron chi connectivity index (χ1n) is 8.68. The number of nitrogens with one attached hydrogen (secondary N) is 1. The fourth-order valence-electron chi connectivity index (χ4n) is 2.81. The Balaban J connectivity index is 1.96. The zero-order valence-electron chi connectivity index (χ0n) is 15.6. The number of rotatable bonds is 7. The molecule has 0 unspecified atom stereocenters. The zero-order valence-corrected chi connectivity index (χ0v) is 15.6. The third-order valence-electron chi connectivity index (χ3n) is 4.15. The summed E-state index contributed by atoms with van der Waals surface area (Å²) in [6.45, 7) is 2.43. The summed E-state index contributed by atoms with van der Waals surface area (Å²) in [5.74, 6) is 0.995. The van der Waals surface area contributed by atoms with Crippen molar-refractivity contribution in [3.05, 3.63) is 59.8 Å². The number of ether oxygens (including phenoxy) is 3. The maximum atomic E-state index is 12.4. The van der Waals surface area contributed by atoms with E-state index in [1.807, 2.05) is 48.5 Å². The summed E-state index contributed by atoms with van der Waals surface area (Å²) in [6.07, 6.45) is 0. The van der Waals surface area contributed by atoms with Crippen molar-refractivity contribution >= 4 is 22.6 Å². The highest BCUT2D eigenvalue weighted by Gasteiger charge is 2.16. The van der Waals surface area contributed by atoms with Crippen LogP contribution in [-0.2, 0) is 11.3 Å². The molecule has 0 fully saturated rings. The van der Waals surface area contributed by atoms with Gasteiger partial charge in [0.25, 0.3) is 0 Å². The molecule has 3 rings (SSSR count). The van der Waals surface area contributed by atoms with Gasteiger partial charge in [0.1, 0.15) is 11.5 Å². The van der Waals surface area contributed by atoms with Gasteiger partial charge in [-0.2, -0.15) is 0 Å². The number of pyridine rings is 1. The second-order valence-corrected chi connectivity index (χ2v) is 5.82. The SMILES string of the molecule is CCOC(=O)c1cc2ccccc2nc1CNc1cc(OC)ccc1OC. The number of fused-ring (bicyclic) bond motifs is 1. The second-order valence-electron chi connectivity index (χ2n) is 5.82. The number of carbonyl (C=O) groups is 1. The third-order valence-corrected chi connectivity index (χ3v) is 4.15. The maximum Gasteiger partial charge on any atom is 0.340 e. The van der Waals surface area contributed by atoms with E-state index in [2.05, 4.69) is 10.3 Å². The summed E-state index contributed by atoms with van der Waals surface area (Å²) in [7, 11) is 3.21. The number of benzene rings is 2. The van der Waals surface area contributed by atoms with E-state index in [0.717, 1.165) is 16.6 Å². The molecule has 0 saturated carbocycles. The summed E-state index contributed by atoms with van der Waals surface area (Å²) in [4.78, 5) is 17.1. The van der Waals surface area contributed by atoms with E-state index in [9.17, 15) is 4.79 Å². The molecular formula is C21H22N2O4. The van der Waals surface area contributed by atoms with Crippen molar-refractivity contribution in [2.24, 2.45) is 0 Å². The fourth-order valence-corrected chi connectivity index (χ4v) is 2.81. The third kappa shape index (κ3) is 4.11. The monoisotopic (exact) mass is 366 g/mol. The molecule has 3 aromatic rings. The maximum absolute atomic E-state index is 12.4. The second kappa shape index (κ2) is 8.40. The average Bonchev–Trinajstić information content (AvgIpc) is 2.71. The molecule has 0 aliphatic carbocycles. The van der Waals surface area contributed by atoms with E-state index in [0.29, 0.717) is 35.9 Å². The first-order valence-corrected chi connectivity index (χ1v) is 8.68. The van der Waals surface area contributed by atoms with Gasteiger partial charge < -0.3 is 19.5 Å². The molecule has 1 aromatic heterocycles. The Bertz CT molecular complexity index is 956. The zero-order chi connectivity index (χ0) is 19.2. The van der Waals surface area contributed by atoms with Crippen LogP contribution in [-0.4, -0.2) is 31.8 Å². The van der Waals surface area contributed by atoms with E-state index < -0.39 is 0 Å². The van der Waals surface area contributed by atoms with Gasteiger partial charge in [-0.15, -0.1) is 0 Å². The lowest BCUT2D eigenvalue weighted by Gasteiger charge is -2.14. The fraction of sp³-hybridized carbons (Fsp3) is 0.238. The van der Waals surface area contributed by atoms with Gasteiger partial charge in [-0.1, -0.05) is 18.2 Å². The number of esters is 1. The molecule has 27 heavy (non-hydrogen) atoms. The Hall–Kier alpha value is -3.28. The van der Waals surface area contributed by atoms with E-state index in [1.54, 1.807) is 21.1 Å². The number of hydrogen-bond acceptors (Lipinski definition) is 6. The first-order chi connectivity index (χ1) is 13.2. The quantitative estimate of drug-likeness (QED) is 0.637. The van der Waals surface area contributed by atoms with Gasteiger partial charge in [0, 0.05) is 11.5 Å². The Kier molecular flexibility index (Phi) is 5.76. The molecule has 0 aliphatic heterocycles. The summed E-state index contributed by atoms with van der Waals surface area (Å²) >= 11 is 0. The highest BCUT2D eigenvalue weighted by Crippen LogP contribution is 2.29. The van der Waals surface area contributed by atoms with Crippen LogP contribution in [0.15, 0.2) is 48.5 Å². The summed E-state index contributed by atoms with van der Waals surface area (Å²) < 4.78 is 15.9. The molecule has 6 heteroatoms. The summed E-state index contributed by atoms with van der Waals surface area (Å²) in [5.41, 5.74) is 2.63. The molecular weight excluding hydrogens is 344 g/mol. The van der Waals surface area contributed by atoms with Gasteiger partial charge in [0.15, 0.2) is 0 Å². The van der Waals surface area contributed by atoms with Gasteiger partial charge >= 0.3 is 5.97 Å². The van der Waals surface area contributed by atoms with E-state index in [4.69, 9.17) is 14.2 Å². The topological polar surface area (TPSA) is 69.7 Å². The number of anilines is 1. The predicted molar refractivity (Wildman–Crippen MR) is 105 cm³/mol. The van der Waals surface area contributed by atoms with Gasteiger partial charge in [0.2, 0.25) is 0 Å². The van der Waals surface area contributed by atoms with Crippen molar-refractivity contribution in [3.8, 4) is 11.5 Å². The lowest BCUT2D eigenvalue weighted by molar-refractivity contribution is 0.0525. The highest BCUT2D eigenvalue weighted by atomic mass is 16.5. The molecule has 2 aromatic carbocycles. The van der Waals surface area contributed by atoms with Gasteiger partial charge in [-0.05, 0) is 31.2 Å². The largest absolute Gasteiger partial charge is 0.497 e. The average molecular weight is 366 g/mol. The Morgan fingerprint density at radius 3 is 2.63 bits per heavy atom. The first kappa shape index (κ1) is 18.5. The van der Waals surface area contributed by atoms with Crippen molar-refractivity contribution in [1.29, 1.82) is 0 Å². The van der Waals surface area contributed by atoms with Crippen molar-refractivity contribution in [3.63, 3.8) is 0 Å². The van der Waals surface area contributed by atoms with Crippen LogP contribution >= 0.6 is 0 Å². The standard InChI is InChI=1S/C21H22N2O4/c1-4-27-21(24)16-11-14-7-5-6-8-17(14)23-19(16)13-22-18-12-15(25-2)9-10-20(18)26-3/h5-12,22H,4,13H2,1-3H3. The summed E-state index contributed by atoms with van der Waals surface area (Å²) in [6, 6.07) is 15.0. The van der Waals surface area contributed by atoms with Crippen LogP contribution in [0.4, 0.5) is 5.69 Å². The van der Waals surface area contributed by atoms with Crippen LogP contribution in [0, 0.1) is 0 Å². The van der Waals surface area contributed by atoms with E-state index >= 15 is 0 Å². The van der Waals surface area contributed by atoms with Gasteiger partial charge in [-0.25, -0.2) is 4.79 Å². The molecule has 0 bridgehead atoms. The minimum atomic E-state index is -0.384. The minimum absolute atomic E-state index is 0.308. The molecule has 0 atom stereocenters. The number of methoxy groups -OCH3 is 2. The smallest absolute Gasteiger partial charge is 0.340 e. The highest BCUT2D eigenvalue weighted by molar-refractivity contribution is 5.95. The molecule has 0 spiro atoms. The van der Waals surface area contributed by atoms with Gasteiger partial charge in [-0.3, -0.25) is 4.98 Å². The number of aromatic nitrogens is 1. The molecule has 0 radical (unpaired) electrons. The van der Waals surface area contributed by atoms with E-state index in [1.165, 1.54) is 0 Å². The summed E-state index contributed by atoms with van der Waals surface area (Å²) in [5, 5.41) is 4.17. The van der Waals surface area contributed by atoms with E-state index in [-0.39, 0.29) is 5.97 Å². The molecule has 0 aliphatic rings. The number of para-hydroxylation sites is 1. The molecule has 140 valence electrons. The molecule has 6 nitrogen and oxygen atoms in total. The van der Waals surface area contributed by atoms with Crippen molar-refractivity contribution in [1.82, 2.24) is 4.98 Å². The Morgan fingerprint density at radius 1 is 1.07 bits per heavy atom. The van der Waals surface area contributed by atoms with Crippen LogP contribution in [0.2, 0.25) is 0 Å². The number of carbonyl (C=O) groups excluding carboxylic acids is 1. The van der Waals surface area contributed by atoms with Crippen LogP contribution in [0.3, 0.4) is 0 Å². The lowest BCUT2D eigenvalue weighted by Crippen LogP contribution is -2.13. The van der Waals surface area contributed by atoms with Crippen LogP contribution in [0.1, 0.15) is 23.0 Å². The van der Waals surface area contributed by atoms with Crippen LogP contribution in [0.25, 0.3) is 10.9 Å². The number of nitrogens with zero attached hydrogens (tertiary/aromatic N) is 1. The molecule has 1 heterocycles. The molecule has 0 amide bonds. The van der Waals surface area contributed by atoms with Crippen molar-refractivity contribution in [2.75, 3.05) is 26.1 Å². The van der Waals surface area contributed by atoms with Crippen molar-refractivity contribution in [2.45, 2.75) is 13.5 Å². The normalized spacial score (nSPS) is 10.5. The van der Waals surface area contributed by atoms with Gasteiger partial charge in [0.05, 0.1) is 49.8 Å². The molecule has 0 saturated heterocycles. The predicted octanol–water partition coefficient (Wildman–Crippen LogP) is 4.04. The van der Waals surface area contributed by atoms with Crippen molar-refractivity contribution < 1.29 is 19.0 Å². The van der Waals surface area contributed by atoms with Crippen LogP contribution < -0.4 is 14.8 Å². The molecule has 1 N–H and O–H groups in total. The Morgan fingerprint density at radius 2 is 1.89 bits per heavy atom. The van der Waals surface area contributed by atoms with Crippen LogP contribution in [0.5, 0.6) is 11.5 Å². The Labute approximate surface area is 158 Å². The lowest BCUT2D eigenvalue weighted by atomic mass is 10.1.